The molecule has 0 saturated heterocycles. The van der Waals surface area contributed by atoms with Gasteiger partial charge in [0.2, 0.25) is 0 Å². The molecule has 0 aliphatic carbocycles. The number of benzene rings is 2. The van der Waals surface area contributed by atoms with Crippen LogP contribution in [-0.4, -0.2) is 13.2 Å². The second-order valence-corrected chi connectivity index (χ2v) is 5.73. The average molecular weight is 346 g/mol. The number of fused-ring (bicyclic) bond motifs is 1. The van der Waals surface area contributed by atoms with Crippen LogP contribution in [0.25, 0.3) is 10.8 Å². The van der Waals surface area contributed by atoms with Crippen LogP contribution in [0.1, 0.15) is 5.56 Å². The molecule has 1 N–H and O–H groups in total. The fourth-order valence-electron chi connectivity index (χ4n) is 2.15. The van der Waals surface area contributed by atoms with Crippen LogP contribution in [0, 0.1) is 0 Å². The van der Waals surface area contributed by atoms with Crippen molar-refractivity contribution in [1.29, 1.82) is 0 Å². The van der Waals surface area contributed by atoms with Crippen LogP contribution in [0.3, 0.4) is 0 Å². The summed E-state index contributed by atoms with van der Waals surface area (Å²) in [4.78, 5) is 0. The Morgan fingerprint density at radius 1 is 1.05 bits per heavy atom. The predicted octanol–water partition coefficient (Wildman–Crippen LogP) is 4.36. The lowest BCUT2D eigenvalue weighted by Gasteiger charge is -2.08. The minimum atomic E-state index is 0.639. The quantitative estimate of drug-likeness (QED) is 0.674. The van der Waals surface area contributed by atoms with Gasteiger partial charge in [-0.15, -0.1) is 0 Å². The zero-order chi connectivity index (χ0) is 14.5. The Hall–Kier alpha value is -1.78. The monoisotopic (exact) mass is 345 g/mol. The third-order valence-corrected chi connectivity index (χ3v) is 3.72. The van der Waals surface area contributed by atoms with Crippen LogP contribution in [0.15, 0.2) is 63.9 Å². The molecule has 0 aliphatic heterocycles. The molecule has 108 valence electrons. The number of furan rings is 1. The zero-order valence-corrected chi connectivity index (χ0v) is 13.1. The van der Waals surface area contributed by atoms with Gasteiger partial charge in [0.25, 0.3) is 0 Å². The molecule has 0 radical (unpaired) electrons. The molecule has 1 heterocycles. The molecule has 21 heavy (non-hydrogen) atoms. The second kappa shape index (κ2) is 6.78. The van der Waals surface area contributed by atoms with Gasteiger partial charge in [0.05, 0.1) is 12.5 Å². The van der Waals surface area contributed by atoms with Gasteiger partial charge in [-0.05, 0) is 41.1 Å². The molecule has 4 heteroatoms. The molecule has 0 spiro atoms. The summed E-state index contributed by atoms with van der Waals surface area (Å²) in [6.07, 6.45) is 3.43. The Balaban J connectivity index is 1.50. The first-order valence-electron chi connectivity index (χ1n) is 6.85. The van der Waals surface area contributed by atoms with Crippen LogP contribution >= 0.6 is 15.9 Å². The zero-order valence-electron chi connectivity index (χ0n) is 11.5. The first-order chi connectivity index (χ1) is 10.3. The van der Waals surface area contributed by atoms with Crippen LogP contribution in [0.5, 0.6) is 5.75 Å². The molecule has 0 amide bonds. The molecular formula is C17H16BrNO2. The van der Waals surface area contributed by atoms with Gasteiger partial charge in [0.15, 0.2) is 0 Å². The van der Waals surface area contributed by atoms with Gasteiger partial charge >= 0.3 is 0 Å². The van der Waals surface area contributed by atoms with Crippen LogP contribution < -0.4 is 10.1 Å². The van der Waals surface area contributed by atoms with Crippen molar-refractivity contribution < 1.29 is 9.15 Å². The van der Waals surface area contributed by atoms with E-state index in [0.29, 0.717) is 6.61 Å². The Morgan fingerprint density at radius 2 is 1.90 bits per heavy atom. The van der Waals surface area contributed by atoms with E-state index in [1.807, 2.05) is 18.2 Å². The molecule has 0 fully saturated rings. The lowest BCUT2D eigenvalue weighted by atomic mass is 10.1. The summed E-state index contributed by atoms with van der Waals surface area (Å²) in [6, 6.07) is 14.3. The molecule has 2 aromatic carbocycles. The van der Waals surface area contributed by atoms with Crippen molar-refractivity contribution in [2.75, 3.05) is 13.2 Å². The molecule has 0 aliphatic rings. The molecule has 3 aromatic rings. The number of halogens is 1. The Bertz CT molecular complexity index is 710. The van der Waals surface area contributed by atoms with Crippen molar-refractivity contribution in [3.05, 3.63) is 65.0 Å². The van der Waals surface area contributed by atoms with Crippen molar-refractivity contribution >= 4 is 26.7 Å². The van der Waals surface area contributed by atoms with Gasteiger partial charge in [-0.2, -0.15) is 0 Å². The highest BCUT2D eigenvalue weighted by Gasteiger charge is 1.99. The van der Waals surface area contributed by atoms with Crippen LogP contribution in [-0.2, 0) is 6.54 Å². The molecule has 3 rings (SSSR count). The predicted molar refractivity (Wildman–Crippen MR) is 87.6 cm³/mol. The molecule has 0 saturated carbocycles. The largest absolute Gasteiger partial charge is 0.492 e. The maximum atomic E-state index is 5.77. The summed E-state index contributed by atoms with van der Waals surface area (Å²) in [5.41, 5.74) is 1.14. The molecule has 3 nitrogen and oxygen atoms in total. The van der Waals surface area contributed by atoms with E-state index in [9.17, 15) is 0 Å². The maximum Gasteiger partial charge on any atom is 0.120 e. The molecule has 0 bridgehead atoms. The van der Waals surface area contributed by atoms with Gasteiger partial charge < -0.3 is 14.5 Å². The minimum Gasteiger partial charge on any atom is -0.492 e. The fourth-order valence-corrected chi connectivity index (χ4v) is 2.53. The number of nitrogens with one attached hydrogen (secondary N) is 1. The Labute approximate surface area is 132 Å². The highest BCUT2D eigenvalue weighted by Crippen LogP contribution is 2.23. The SMILES string of the molecule is Brc1ccc2cc(OCCNCc3ccoc3)ccc2c1. The Morgan fingerprint density at radius 3 is 2.76 bits per heavy atom. The van der Waals surface area contributed by atoms with Gasteiger partial charge in [-0.25, -0.2) is 0 Å². The van der Waals surface area contributed by atoms with Gasteiger partial charge in [-0.3, -0.25) is 0 Å². The summed E-state index contributed by atoms with van der Waals surface area (Å²) < 4.78 is 11.9. The molecule has 0 unspecified atom stereocenters. The molecule has 1 aromatic heterocycles. The van der Waals surface area contributed by atoms with Crippen molar-refractivity contribution in [2.45, 2.75) is 6.54 Å². The first-order valence-corrected chi connectivity index (χ1v) is 7.64. The van der Waals surface area contributed by atoms with E-state index < -0.39 is 0 Å². The first kappa shape index (κ1) is 14.2. The topological polar surface area (TPSA) is 34.4 Å². The van der Waals surface area contributed by atoms with E-state index in [2.05, 4.69) is 45.5 Å². The fraction of sp³-hybridized carbons (Fsp3) is 0.176. The van der Waals surface area contributed by atoms with E-state index in [0.717, 1.165) is 28.9 Å². The van der Waals surface area contributed by atoms with Crippen molar-refractivity contribution in [1.82, 2.24) is 5.32 Å². The summed E-state index contributed by atoms with van der Waals surface area (Å²) in [5.74, 6) is 0.898. The highest BCUT2D eigenvalue weighted by atomic mass is 79.9. The number of rotatable bonds is 6. The van der Waals surface area contributed by atoms with E-state index in [1.165, 1.54) is 10.8 Å². The average Bonchev–Trinajstić information content (AvgIpc) is 3.00. The molecule has 0 atom stereocenters. The number of hydrogen-bond donors (Lipinski definition) is 1. The van der Waals surface area contributed by atoms with E-state index >= 15 is 0 Å². The normalized spacial score (nSPS) is 10.9. The van der Waals surface area contributed by atoms with Crippen LogP contribution in [0.4, 0.5) is 0 Å². The smallest absolute Gasteiger partial charge is 0.120 e. The lowest BCUT2D eigenvalue weighted by Crippen LogP contribution is -2.20. The second-order valence-electron chi connectivity index (χ2n) is 4.81. The minimum absolute atomic E-state index is 0.639. The maximum absolute atomic E-state index is 5.77. The van der Waals surface area contributed by atoms with Crippen molar-refractivity contribution in [3.8, 4) is 5.75 Å². The number of ether oxygens (including phenoxy) is 1. The van der Waals surface area contributed by atoms with Crippen LogP contribution in [0.2, 0.25) is 0 Å². The van der Waals surface area contributed by atoms with Gasteiger partial charge in [0.1, 0.15) is 12.4 Å². The summed E-state index contributed by atoms with van der Waals surface area (Å²) >= 11 is 3.48. The van der Waals surface area contributed by atoms with Gasteiger partial charge in [-0.1, -0.05) is 28.1 Å². The van der Waals surface area contributed by atoms with E-state index in [-0.39, 0.29) is 0 Å². The third kappa shape index (κ3) is 3.86. The van der Waals surface area contributed by atoms with E-state index in [1.54, 1.807) is 12.5 Å². The Kier molecular flexibility index (Phi) is 4.58. The summed E-state index contributed by atoms with van der Waals surface area (Å²) in [7, 11) is 0. The summed E-state index contributed by atoms with van der Waals surface area (Å²) in [6.45, 7) is 2.23. The van der Waals surface area contributed by atoms with Gasteiger partial charge in [0, 0.05) is 23.1 Å². The lowest BCUT2D eigenvalue weighted by molar-refractivity contribution is 0.314. The standard InChI is InChI=1S/C17H16BrNO2/c18-16-3-1-15-10-17(4-2-14(15)9-16)21-8-6-19-11-13-5-7-20-12-13/h1-5,7,9-10,12,19H,6,8,11H2. The van der Waals surface area contributed by atoms with Crippen molar-refractivity contribution in [3.63, 3.8) is 0 Å². The third-order valence-electron chi connectivity index (χ3n) is 3.23. The number of hydrogen-bond acceptors (Lipinski definition) is 3. The highest BCUT2D eigenvalue weighted by molar-refractivity contribution is 9.10. The molecular weight excluding hydrogens is 330 g/mol. The summed E-state index contributed by atoms with van der Waals surface area (Å²) in [5, 5.41) is 5.70. The van der Waals surface area contributed by atoms with E-state index in [4.69, 9.17) is 9.15 Å². The van der Waals surface area contributed by atoms with Crippen molar-refractivity contribution in [2.24, 2.45) is 0 Å².